The zero-order valence-corrected chi connectivity index (χ0v) is 21.7. The molecule has 0 spiro atoms. The maximum atomic E-state index is 11.4. The molecular weight excluding hydrogens is 464 g/mol. The minimum atomic E-state index is -0.857. The normalized spacial score (nSPS) is 11.8. The zero-order valence-electron chi connectivity index (χ0n) is 21.7. The van der Waals surface area contributed by atoms with Crippen molar-refractivity contribution in [2.75, 3.05) is 6.61 Å². The quantitative estimate of drug-likeness (QED) is 0.219. The average molecular weight is 499 g/mol. The van der Waals surface area contributed by atoms with Gasteiger partial charge >= 0.3 is 5.97 Å². The molecule has 0 aliphatic heterocycles. The van der Waals surface area contributed by atoms with Crippen LogP contribution in [0.2, 0.25) is 0 Å². The molecule has 1 heterocycles. The van der Waals surface area contributed by atoms with Crippen LogP contribution in [0, 0.1) is 6.92 Å². The average Bonchev–Trinajstić information content (AvgIpc) is 3.33. The fourth-order valence-corrected chi connectivity index (χ4v) is 4.25. The number of benzene rings is 3. The van der Waals surface area contributed by atoms with E-state index in [0.29, 0.717) is 6.61 Å². The van der Waals surface area contributed by atoms with Gasteiger partial charge < -0.3 is 14.6 Å². The van der Waals surface area contributed by atoms with E-state index in [-0.39, 0.29) is 12.3 Å². The Morgan fingerprint density at radius 1 is 1.00 bits per heavy atom. The standard InChI is InChI=1S/C31H34N2O4/c1-4-5-18-36-30-15-6-22(2)19-28(30)25-9-7-23(8-10-25)21-37-26-13-11-24(12-14-26)27(20-31(34)35)29-16-17-33(3)32-29/h6-17,19,27H,4-5,18,20-21H2,1-3H3,(H,34,35). The zero-order chi connectivity index (χ0) is 26.2. The molecule has 6 heteroatoms. The van der Waals surface area contributed by atoms with Crippen LogP contribution < -0.4 is 9.47 Å². The highest BCUT2D eigenvalue weighted by atomic mass is 16.5. The second kappa shape index (κ2) is 12.3. The number of aliphatic carboxylic acids is 1. The van der Waals surface area contributed by atoms with Crippen LogP contribution in [0.3, 0.4) is 0 Å². The summed E-state index contributed by atoms with van der Waals surface area (Å²) in [5.41, 5.74) is 6.11. The molecule has 0 aliphatic rings. The molecule has 37 heavy (non-hydrogen) atoms. The summed E-state index contributed by atoms with van der Waals surface area (Å²) in [6, 6.07) is 24.1. The highest BCUT2D eigenvalue weighted by molar-refractivity contribution is 5.71. The molecule has 1 unspecified atom stereocenters. The highest BCUT2D eigenvalue weighted by Crippen LogP contribution is 2.32. The van der Waals surface area contributed by atoms with Gasteiger partial charge in [-0.2, -0.15) is 5.10 Å². The van der Waals surface area contributed by atoms with Gasteiger partial charge in [0, 0.05) is 24.7 Å². The predicted molar refractivity (Wildman–Crippen MR) is 145 cm³/mol. The molecule has 4 rings (SSSR count). The van der Waals surface area contributed by atoms with E-state index in [1.54, 1.807) is 4.68 Å². The Morgan fingerprint density at radius 2 is 1.76 bits per heavy atom. The van der Waals surface area contributed by atoms with Crippen LogP contribution in [0.1, 0.15) is 54.5 Å². The van der Waals surface area contributed by atoms with Crippen molar-refractivity contribution in [2.45, 2.75) is 45.6 Å². The smallest absolute Gasteiger partial charge is 0.304 e. The van der Waals surface area contributed by atoms with Gasteiger partial charge in [-0.05, 0) is 60.4 Å². The van der Waals surface area contributed by atoms with Crippen LogP contribution in [0.4, 0.5) is 0 Å². The molecule has 0 radical (unpaired) electrons. The first-order chi connectivity index (χ1) is 17.9. The molecule has 3 aromatic carbocycles. The van der Waals surface area contributed by atoms with Gasteiger partial charge in [-0.3, -0.25) is 9.48 Å². The summed E-state index contributed by atoms with van der Waals surface area (Å²) in [6.45, 7) is 5.41. The Morgan fingerprint density at radius 3 is 2.41 bits per heavy atom. The molecular formula is C31H34N2O4. The van der Waals surface area contributed by atoms with E-state index in [9.17, 15) is 9.90 Å². The van der Waals surface area contributed by atoms with Crippen molar-refractivity contribution in [3.05, 3.63) is 101 Å². The molecule has 0 saturated carbocycles. The number of rotatable bonds is 12. The van der Waals surface area contributed by atoms with E-state index in [2.05, 4.69) is 61.4 Å². The Balaban J connectivity index is 1.41. The summed E-state index contributed by atoms with van der Waals surface area (Å²) in [5.74, 6) is 0.478. The van der Waals surface area contributed by atoms with Crippen molar-refractivity contribution in [3.63, 3.8) is 0 Å². The van der Waals surface area contributed by atoms with Crippen LogP contribution in [0.25, 0.3) is 11.1 Å². The Labute approximate surface area is 218 Å². The molecule has 4 aromatic rings. The van der Waals surface area contributed by atoms with Crippen molar-refractivity contribution in [2.24, 2.45) is 7.05 Å². The lowest BCUT2D eigenvalue weighted by atomic mass is 9.92. The SMILES string of the molecule is CCCCOc1ccc(C)cc1-c1ccc(COc2ccc(C(CC(=O)O)c3ccn(C)n3)cc2)cc1. The van der Waals surface area contributed by atoms with Crippen LogP contribution in [-0.2, 0) is 18.4 Å². The number of aromatic nitrogens is 2. The number of carboxylic acids is 1. The summed E-state index contributed by atoms with van der Waals surface area (Å²) in [7, 11) is 1.83. The third-order valence-corrected chi connectivity index (χ3v) is 6.31. The topological polar surface area (TPSA) is 73.6 Å². The van der Waals surface area contributed by atoms with E-state index >= 15 is 0 Å². The van der Waals surface area contributed by atoms with Gasteiger partial charge in [-0.15, -0.1) is 0 Å². The van der Waals surface area contributed by atoms with E-state index in [0.717, 1.165) is 58.9 Å². The van der Waals surface area contributed by atoms with E-state index < -0.39 is 5.97 Å². The monoisotopic (exact) mass is 498 g/mol. The third kappa shape index (κ3) is 7.00. The summed E-state index contributed by atoms with van der Waals surface area (Å²) >= 11 is 0. The Hall–Kier alpha value is -4.06. The van der Waals surface area contributed by atoms with Crippen molar-refractivity contribution < 1.29 is 19.4 Å². The van der Waals surface area contributed by atoms with Crippen LogP contribution in [0.5, 0.6) is 11.5 Å². The van der Waals surface area contributed by atoms with E-state index in [4.69, 9.17) is 9.47 Å². The first-order valence-electron chi connectivity index (χ1n) is 12.7. The first kappa shape index (κ1) is 26.0. The lowest BCUT2D eigenvalue weighted by molar-refractivity contribution is -0.137. The number of carboxylic acid groups (broad SMARTS) is 1. The molecule has 1 atom stereocenters. The van der Waals surface area contributed by atoms with Gasteiger partial charge in [0.05, 0.1) is 18.7 Å². The number of ether oxygens (including phenoxy) is 2. The number of carbonyl (C=O) groups is 1. The number of nitrogens with zero attached hydrogens (tertiary/aromatic N) is 2. The van der Waals surface area contributed by atoms with Crippen molar-refractivity contribution in [1.29, 1.82) is 0 Å². The lowest BCUT2D eigenvalue weighted by Crippen LogP contribution is -2.09. The Kier molecular flexibility index (Phi) is 8.62. The molecule has 0 fully saturated rings. The van der Waals surface area contributed by atoms with Crippen molar-refractivity contribution in [3.8, 4) is 22.6 Å². The maximum absolute atomic E-state index is 11.4. The van der Waals surface area contributed by atoms with Crippen molar-refractivity contribution >= 4 is 5.97 Å². The van der Waals surface area contributed by atoms with Gasteiger partial charge in [0.25, 0.3) is 0 Å². The van der Waals surface area contributed by atoms with Gasteiger partial charge in [0.2, 0.25) is 0 Å². The second-order valence-corrected chi connectivity index (χ2v) is 9.32. The summed E-state index contributed by atoms with van der Waals surface area (Å²) in [4.78, 5) is 11.4. The first-order valence-corrected chi connectivity index (χ1v) is 12.7. The highest BCUT2D eigenvalue weighted by Gasteiger charge is 2.20. The number of hydrogen-bond donors (Lipinski definition) is 1. The molecule has 0 bridgehead atoms. The van der Waals surface area contributed by atoms with Crippen LogP contribution in [-0.4, -0.2) is 27.5 Å². The molecule has 0 saturated heterocycles. The third-order valence-electron chi connectivity index (χ3n) is 6.31. The fraction of sp³-hybridized carbons (Fsp3) is 0.290. The number of hydrogen-bond acceptors (Lipinski definition) is 4. The minimum absolute atomic E-state index is 0.0180. The van der Waals surface area contributed by atoms with Gasteiger partial charge in [-0.25, -0.2) is 0 Å². The second-order valence-electron chi connectivity index (χ2n) is 9.32. The van der Waals surface area contributed by atoms with Crippen LogP contribution >= 0.6 is 0 Å². The molecule has 0 amide bonds. The molecule has 6 nitrogen and oxygen atoms in total. The molecule has 192 valence electrons. The minimum Gasteiger partial charge on any atom is -0.493 e. The molecule has 1 aromatic heterocycles. The predicted octanol–water partition coefficient (Wildman–Crippen LogP) is 6.76. The number of aryl methyl sites for hydroxylation is 2. The van der Waals surface area contributed by atoms with Gasteiger partial charge in [0.15, 0.2) is 0 Å². The Bertz CT molecular complexity index is 1310. The summed E-state index contributed by atoms with van der Waals surface area (Å²) in [5, 5.41) is 13.8. The fourth-order valence-electron chi connectivity index (χ4n) is 4.25. The molecule has 0 aliphatic carbocycles. The van der Waals surface area contributed by atoms with Crippen molar-refractivity contribution in [1.82, 2.24) is 9.78 Å². The maximum Gasteiger partial charge on any atom is 0.304 e. The lowest BCUT2D eigenvalue weighted by Gasteiger charge is -2.14. The van der Waals surface area contributed by atoms with Gasteiger partial charge in [0.1, 0.15) is 18.1 Å². The molecule has 1 N–H and O–H groups in total. The summed E-state index contributed by atoms with van der Waals surface area (Å²) in [6.07, 6.45) is 3.95. The van der Waals surface area contributed by atoms with Crippen LogP contribution in [0.15, 0.2) is 79.0 Å². The van der Waals surface area contributed by atoms with E-state index in [1.807, 2.05) is 43.6 Å². The van der Waals surface area contributed by atoms with Gasteiger partial charge in [-0.1, -0.05) is 61.4 Å². The van der Waals surface area contributed by atoms with E-state index in [1.165, 1.54) is 5.56 Å². The largest absolute Gasteiger partial charge is 0.493 e. The summed E-state index contributed by atoms with van der Waals surface area (Å²) < 4.78 is 13.7. The number of unbranched alkanes of at least 4 members (excludes halogenated alkanes) is 1.